The van der Waals surface area contributed by atoms with Crippen molar-refractivity contribution in [3.05, 3.63) is 194 Å². The molecule has 1 heteroatoms. The summed E-state index contributed by atoms with van der Waals surface area (Å²) < 4.78 is 2.63. The first-order valence-electron chi connectivity index (χ1n) is 18.3. The van der Waals surface area contributed by atoms with E-state index < -0.39 is 0 Å². The highest BCUT2D eigenvalue weighted by molar-refractivity contribution is 7.26. The SMILES string of the molecule is c1ccc(-c2c3ccccc3c(-c3cccc4c3sc3cccc(-c5c6ccccc6c(-c6ccccc6)c6ccccc56)c34)c3ccccc23)cc1. The van der Waals surface area contributed by atoms with Crippen LogP contribution in [0, 0.1) is 0 Å². The fourth-order valence-corrected chi connectivity index (χ4v) is 10.2. The van der Waals surface area contributed by atoms with Crippen molar-refractivity contribution >= 4 is 74.6 Å². The van der Waals surface area contributed by atoms with Crippen LogP contribution < -0.4 is 0 Å². The van der Waals surface area contributed by atoms with E-state index in [1.165, 1.54) is 108 Å². The van der Waals surface area contributed by atoms with E-state index in [0.29, 0.717) is 0 Å². The van der Waals surface area contributed by atoms with Crippen LogP contribution in [0.15, 0.2) is 194 Å². The molecule has 0 atom stereocenters. The minimum Gasteiger partial charge on any atom is -0.135 e. The molecule has 0 aliphatic rings. The average molecular weight is 689 g/mol. The maximum atomic E-state index is 2.34. The summed E-state index contributed by atoms with van der Waals surface area (Å²) in [5.74, 6) is 0. The zero-order valence-electron chi connectivity index (χ0n) is 28.9. The van der Waals surface area contributed by atoms with Gasteiger partial charge in [-0.1, -0.05) is 188 Å². The van der Waals surface area contributed by atoms with Gasteiger partial charge in [-0.3, -0.25) is 0 Å². The third-order valence-electron chi connectivity index (χ3n) is 11.0. The Morgan fingerprint density at radius 1 is 0.245 bits per heavy atom. The van der Waals surface area contributed by atoms with Crippen LogP contribution in [0.5, 0.6) is 0 Å². The maximum absolute atomic E-state index is 2.34. The number of thiophene rings is 1. The van der Waals surface area contributed by atoms with Crippen LogP contribution in [0.4, 0.5) is 0 Å². The van der Waals surface area contributed by atoms with Gasteiger partial charge in [-0.2, -0.15) is 0 Å². The Hall–Kier alpha value is -6.54. The summed E-state index contributed by atoms with van der Waals surface area (Å²) in [6.45, 7) is 0. The zero-order valence-corrected chi connectivity index (χ0v) is 29.7. The summed E-state index contributed by atoms with van der Waals surface area (Å²) in [6, 6.07) is 71.5. The van der Waals surface area contributed by atoms with Crippen molar-refractivity contribution < 1.29 is 0 Å². The van der Waals surface area contributed by atoms with E-state index in [0.717, 1.165) is 0 Å². The second-order valence-electron chi connectivity index (χ2n) is 13.9. The Morgan fingerprint density at radius 3 is 1.04 bits per heavy atom. The lowest BCUT2D eigenvalue weighted by Crippen LogP contribution is -1.91. The van der Waals surface area contributed by atoms with Crippen molar-refractivity contribution in [2.24, 2.45) is 0 Å². The van der Waals surface area contributed by atoms with E-state index >= 15 is 0 Å². The molecule has 0 N–H and O–H groups in total. The predicted octanol–water partition coefficient (Wildman–Crippen LogP) is 15.3. The molecule has 1 aromatic heterocycles. The third-order valence-corrected chi connectivity index (χ3v) is 12.3. The minimum absolute atomic E-state index is 1.24. The fraction of sp³-hybridized carbons (Fsp3) is 0. The molecule has 0 saturated heterocycles. The summed E-state index contributed by atoms with van der Waals surface area (Å²) in [5, 5.41) is 12.9. The van der Waals surface area contributed by atoms with E-state index in [2.05, 4.69) is 194 Å². The van der Waals surface area contributed by atoms with Gasteiger partial charge in [0, 0.05) is 25.7 Å². The summed E-state index contributed by atoms with van der Waals surface area (Å²) in [6.07, 6.45) is 0. The molecular formula is C52H32S. The summed E-state index contributed by atoms with van der Waals surface area (Å²) in [7, 11) is 0. The second-order valence-corrected chi connectivity index (χ2v) is 14.9. The zero-order chi connectivity index (χ0) is 34.9. The molecule has 0 amide bonds. The molecule has 0 unspecified atom stereocenters. The van der Waals surface area contributed by atoms with Crippen LogP contribution in [0.2, 0.25) is 0 Å². The maximum Gasteiger partial charge on any atom is 0.0434 e. The van der Waals surface area contributed by atoms with Gasteiger partial charge in [0.15, 0.2) is 0 Å². The molecule has 0 fully saturated rings. The fourth-order valence-electron chi connectivity index (χ4n) is 8.92. The molecule has 11 rings (SSSR count). The van der Waals surface area contributed by atoms with Gasteiger partial charge in [0.25, 0.3) is 0 Å². The van der Waals surface area contributed by atoms with Crippen molar-refractivity contribution in [1.29, 1.82) is 0 Å². The minimum atomic E-state index is 1.24. The smallest absolute Gasteiger partial charge is 0.0434 e. The van der Waals surface area contributed by atoms with E-state index in [1.54, 1.807) is 0 Å². The first-order chi connectivity index (χ1) is 26.3. The highest BCUT2D eigenvalue weighted by Gasteiger charge is 2.22. The topological polar surface area (TPSA) is 0 Å². The molecule has 0 radical (unpaired) electrons. The summed E-state index contributed by atoms with van der Waals surface area (Å²) in [5.41, 5.74) is 10.3. The molecule has 0 saturated carbocycles. The van der Waals surface area contributed by atoms with Crippen LogP contribution in [0.3, 0.4) is 0 Å². The monoisotopic (exact) mass is 688 g/mol. The molecule has 0 aliphatic carbocycles. The second kappa shape index (κ2) is 12.0. The normalized spacial score (nSPS) is 11.8. The number of fused-ring (bicyclic) bond motifs is 7. The van der Waals surface area contributed by atoms with Crippen LogP contribution in [-0.2, 0) is 0 Å². The molecule has 53 heavy (non-hydrogen) atoms. The van der Waals surface area contributed by atoms with Crippen molar-refractivity contribution in [2.75, 3.05) is 0 Å². The molecular weight excluding hydrogens is 657 g/mol. The Kier molecular flexibility index (Phi) is 6.83. The van der Waals surface area contributed by atoms with E-state index in [9.17, 15) is 0 Å². The van der Waals surface area contributed by atoms with Crippen molar-refractivity contribution in [1.82, 2.24) is 0 Å². The molecule has 0 spiro atoms. The van der Waals surface area contributed by atoms with Crippen LogP contribution in [0.25, 0.3) is 108 Å². The van der Waals surface area contributed by atoms with Gasteiger partial charge in [-0.25, -0.2) is 0 Å². The first-order valence-corrected chi connectivity index (χ1v) is 19.1. The highest BCUT2D eigenvalue weighted by atomic mass is 32.1. The molecule has 11 aromatic rings. The van der Waals surface area contributed by atoms with Crippen molar-refractivity contribution in [3.8, 4) is 44.5 Å². The molecule has 0 aliphatic heterocycles. The Bertz CT molecular complexity index is 3090. The van der Waals surface area contributed by atoms with Gasteiger partial charge < -0.3 is 0 Å². The molecule has 0 bridgehead atoms. The molecule has 1 heterocycles. The van der Waals surface area contributed by atoms with Gasteiger partial charge in [0.2, 0.25) is 0 Å². The Labute approximate surface area is 311 Å². The molecule has 10 aromatic carbocycles. The largest absolute Gasteiger partial charge is 0.135 e. The van der Waals surface area contributed by atoms with Crippen LogP contribution >= 0.6 is 11.3 Å². The van der Waals surface area contributed by atoms with Gasteiger partial charge >= 0.3 is 0 Å². The van der Waals surface area contributed by atoms with Gasteiger partial charge in [-0.05, 0) is 88.1 Å². The van der Waals surface area contributed by atoms with Crippen LogP contribution in [0.1, 0.15) is 0 Å². The van der Waals surface area contributed by atoms with E-state index in [1.807, 2.05) is 11.3 Å². The number of hydrogen-bond acceptors (Lipinski definition) is 1. The van der Waals surface area contributed by atoms with Crippen LogP contribution in [-0.4, -0.2) is 0 Å². The lowest BCUT2D eigenvalue weighted by molar-refractivity contribution is 1.67. The Morgan fingerprint density at radius 2 is 0.585 bits per heavy atom. The first kappa shape index (κ1) is 30.1. The number of hydrogen-bond donors (Lipinski definition) is 0. The van der Waals surface area contributed by atoms with E-state index in [4.69, 9.17) is 0 Å². The Balaban J connectivity index is 1.24. The van der Waals surface area contributed by atoms with E-state index in [-0.39, 0.29) is 0 Å². The number of benzene rings is 10. The quantitative estimate of drug-likeness (QED) is 0.162. The highest BCUT2D eigenvalue weighted by Crippen LogP contribution is 2.51. The van der Waals surface area contributed by atoms with Crippen molar-refractivity contribution in [2.45, 2.75) is 0 Å². The summed E-state index contributed by atoms with van der Waals surface area (Å²) in [4.78, 5) is 0. The van der Waals surface area contributed by atoms with Gasteiger partial charge in [0.05, 0.1) is 0 Å². The molecule has 246 valence electrons. The summed E-state index contributed by atoms with van der Waals surface area (Å²) >= 11 is 1.92. The standard InChI is InChI=1S/C52H32S/c1-3-17-33(18-4-1)47-35-21-7-11-25-39(35)49(40-26-12-8-22-36(40)47)43-29-16-32-46-51(43)45-31-15-30-44(52(45)53-46)50-41-27-13-9-23-37(41)48(34-19-5-2-6-20-34)38-24-10-14-28-42(38)50/h1-32H. The molecule has 0 nitrogen and oxygen atoms in total. The number of rotatable bonds is 4. The average Bonchev–Trinajstić information content (AvgIpc) is 3.62. The lowest BCUT2D eigenvalue weighted by atomic mass is 9.84. The predicted molar refractivity (Wildman–Crippen MR) is 231 cm³/mol. The van der Waals surface area contributed by atoms with Crippen molar-refractivity contribution in [3.63, 3.8) is 0 Å². The van der Waals surface area contributed by atoms with Gasteiger partial charge in [0.1, 0.15) is 0 Å². The van der Waals surface area contributed by atoms with Gasteiger partial charge in [-0.15, -0.1) is 11.3 Å². The third kappa shape index (κ3) is 4.54. The lowest BCUT2D eigenvalue weighted by Gasteiger charge is -2.18.